The SMILES string of the molecule is O=C(O)C(=O)O[C@H](COc1cccc2[nH]ccc12)CN1CCN(c2ccnc3ccccc23)CC1. The first kappa shape index (κ1) is 22.7. The largest absolute Gasteiger partial charge is 0.489 e. The van der Waals surface area contributed by atoms with Gasteiger partial charge in [-0.15, -0.1) is 0 Å². The van der Waals surface area contributed by atoms with E-state index in [1.807, 2.05) is 60.9 Å². The Kier molecular flexibility index (Phi) is 6.49. The number of aromatic nitrogens is 2. The van der Waals surface area contributed by atoms with E-state index in [0.717, 1.165) is 53.7 Å². The van der Waals surface area contributed by atoms with Crippen LogP contribution < -0.4 is 9.64 Å². The van der Waals surface area contributed by atoms with Crippen molar-refractivity contribution in [2.45, 2.75) is 6.10 Å². The quantitative estimate of drug-likeness (QED) is 0.311. The first-order valence-electron chi connectivity index (χ1n) is 11.5. The highest BCUT2D eigenvalue weighted by Gasteiger charge is 2.26. The van der Waals surface area contributed by atoms with Crippen molar-refractivity contribution < 1.29 is 24.2 Å². The second kappa shape index (κ2) is 10.0. The van der Waals surface area contributed by atoms with Crippen molar-refractivity contribution in [3.05, 3.63) is 67.0 Å². The summed E-state index contributed by atoms with van der Waals surface area (Å²) in [5.41, 5.74) is 3.04. The number of carboxylic acid groups (broad SMARTS) is 1. The zero-order chi connectivity index (χ0) is 24.2. The number of carbonyl (C=O) groups excluding carboxylic acids is 1. The molecular weight excluding hydrogens is 448 g/mol. The third kappa shape index (κ3) is 5.04. The summed E-state index contributed by atoms with van der Waals surface area (Å²) < 4.78 is 11.2. The second-order valence-corrected chi connectivity index (χ2v) is 8.47. The maximum Gasteiger partial charge on any atom is 0.417 e. The number of nitrogens with zero attached hydrogens (tertiary/aromatic N) is 3. The third-order valence-corrected chi connectivity index (χ3v) is 6.23. The van der Waals surface area contributed by atoms with Crippen molar-refractivity contribution in [1.82, 2.24) is 14.9 Å². The van der Waals surface area contributed by atoms with E-state index in [-0.39, 0.29) is 6.61 Å². The first-order valence-corrected chi connectivity index (χ1v) is 11.5. The van der Waals surface area contributed by atoms with Gasteiger partial charge in [-0.25, -0.2) is 9.59 Å². The summed E-state index contributed by atoms with van der Waals surface area (Å²) in [5, 5.41) is 11.1. The van der Waals surface area contributed by atoms with Gasteiger partial charge in [0.15, 0.2) is 0 Å². The van der Waals surface area contributed by atoms with E-state index in [9.17, 15) is 9.59 Å². The number of carbonyl (C=O) groups is 2. The highest BCUT2D eigenvalue weighted by molar-refractivity contribution is 6.28. The predicted molar refractivity (Wildman–Crippen MR) is 132 cm³/mol. The van der Waals surface area contributed by atoms with Crippen LogP contribution in [0.1, 0.15) is 0 Å². The second-order valence-electron chi connectivity index (χ2n) is 8.47. The number of aromatic amines is 1. The van der Waals surface area contributed by atoms with Gasteiger partial charge < -0.3 is 24.5 Å². The van der Waals surface area contributed by atoms with Crippen LogP contribution in [-0.2, 0) is 14.3 Å². The van der Waals surface area contributed by atoms with Crippen LogP contribution in [0.25, 0.3) is 21.8 Å². The third-order valence-electron chi connectivity index (χ3n) is 6.23. The van der Waals surface area contributed by atoms with E-state index in [1.165, 1.54) is 0 Å². The number of pyridine rings is 1. The molecule has 0 amide bonds. The van der Waals surface area contributed by atoms with Crippen molar-refractivity contribution in [3.8, 4) is 5.75 Å². The predicted octanol–water partition coefficient (Wildman–Crippen LogP) is 2.91. The molecule has 5 rings (SSSR count). The van der Waals surface area contributed by atoms with Crippen LogP contribution in [0, 0.1) is 0 Å². The molecule has 180 valence electrons. The molecule has 1 aliphatic heterocycles. The van der Waals surface area contributed by atoms with Crippen LogP contribution in [0.15, 0.2) is 67.0 Å². The number of benzene rings is 2. The minimum absolute atomic E-state index is 0.0541. The summed E-state index contributed by atoms with van der Waals surface area (Å²) in [6.45, 7) is 3.50. The van der Waals surface area contributed by atoms with E-state index >= 15 is 0 Å². The Hall–Kier alpha value is -4.11. The van der Waals surface area contributed by atoms with E-state index in [4.69, 9.17) is 14.6 Å². The van der Waals surface area contributed by atoms with Gasteiger partial charge in [-0.1, -0.05) is 24.3 Å². The highest BCUT2D eigenvalue weighted by Crippen LogP contribution is 2.27. The smallest absolute Gasteiger partial charge is 0.417 e. The summed E-state index contributed by atoms with van der Waals surface area (Å²) in [7, 11) is 0. The molecule has 9 heteroatoms. The highest BCUT2D eigenvalue weighted by atomic mass is 16.6. The van der Waals surface area contributed by atoms with Crippen LogP contribution in [0.5, 0.6) is 5.75 Å². The Morgan fingerprint density at radius 3 is 2.66 bits per heavy atom. The first-order chi connectivity index (χ1) is 17.1. The Morgan fingerprint density at radius 1 is 1.00 bits per heavy atom. The molecule has 3 heterocycles. The molecule has 1 atom stereocenters. The topological polar surface area (TPSA) is 108 Å². The number of esters is 1. The summed E-state index contributed by atoms with van der Waals surface area (Å²) in [6.07, 6.45) is 2.93. The zero-order valence-corrected chi connectivity index (χ0v) is 19.1. The summed E-state index contributed by atoms with van der Waals surface area (Å²) >= 11 is 0. The lowest BCUT2D eigenvalue weighted by molar-refractivity contribution is -0.169. The Bertz CT molecular complexity index is 1340. The van der Waals surface area contributed by atoms with Gasteiger partial charge in [0, 0.05) is 67.1 Å². The molecule has 0 spiro atoms. The lowest BCUT2D eigenvalue weighted by Gasteiger charge is -2.37. The van der Waals surface area contributed by atoms with Crippen molar-refractivity contribution in [2.24, 2.45) is 0 Å². The van der Waals surface area contributed by atoms with Gasteiger partial charge in [-0.05, 0) is 30.3 Å². The number of para-hydroxylation sites is 1. The Labute approximate surface area is 201 Å². The normalized spacial score (nSPS) is 15.3. The van der Waals surface area contributed by atoms with Crippen LogP contribution in [0.2, 0.25) is 0 Å². The number of carboxylic acids is 1. The molecule has 0 unspecified atom stereocenters. The molecule has 0 saturated carbocycles. The van der Waals surface area contributed by atoms with E-state index < -0.39 is 18.0 Å². The van der Waals surface area contributed by atoms with E-state index in [2.05, 4.69) is 25.8 Å². The molecule has 4 aromatic rings. The molecule has 9 nitrogen and oxygen atoms in total. The Morgan fingerprint density at radius 2 is 1.83 bits per heavy atom. The van der Waals surface area contributed by atoms with Crippen molar-refractivity contribution in [1.29, 1.82) is 0 Å². The van der Waals surface area contributed by atoms with Crippen LogP contribution in [0.4, 0.5) is 5.69 Å². The van der Waals surface area contributed by atoms with Gasteiger partial charge in [-0.2, -0.15) is 0 Å². The lowest BCUT2D eigenvalue weighted by Crippen LogP contribution is -2.50. The fraction of sp³-hybridized carbons (Fsp3) is 0.269. The van der Waals surface area contributed by atoms with E-state index in [0.29, 0.717) is 12.3 Å². The number of ether oxygens (including phenoxy) is 2. The number of rotatable bonds is 7. The monoisotopic (exact) mass is 474 g/mol. The van der Waals surface area contributed by atoms with Gasteiger partial charge in [0.05, 0.1) is 5.52 Å². The minimum atomic E-state index is -1.61. The number of piperazine rings is 1. The maximum atomic E-state index is 11.8. The number of fused-ring (bicyclic) bond motifs is 2. The molecule has 2 N–H and O–H groups in total. The molecule has 1 fully saturated rings. The van der Waals surface area contributed by atoms with Crippen LogP contribution in [0.3, 0.4) is 0 Å². The molecule has 2 aromatic heterocycles. The van der Waals surface area contributed by atoms with Crippen molar-refractivity contribution in [3.63, 3.8) is 0 Å². The van der Waals surface area contributed by atoms with Crippen molar-refractivity contribution in [2.75, 3.05) is 44.2 Å². The molecule has 0 aliphatic carbocycles. The molecule has 1 saturated heterocycles. The van der Waals surface area contributed by atoms with Crippen molar-refractivity contribution >= 4 is 39.4 Å². The fourth-order valence-electron chi connectivity index (χ4n) is 4.51. The van der Waals surface area contributed by atoms with Gasteiger partial charge in [0.2, 0.25) is 0 Å². The molecule has 35 heavy (non-hydrogen) atoms. The number of hydrogen-bond donors (Lipinski definition) is 2. The van der Waals surface area contributed by atoms with Gasteiger partial charge in [0.25, 0.3) is 0 Å². The number of H-pyrrole nitrogens is 1. The molecular formula is C26H26N4O5. The molecule has 0 radical (unpaired) electrons. The number of anilines is 1. The van der Waals surface area contributed by atoms with Gasteiger partial charge in [0.1, 0.15) is 18.5 Å². The minimum Gasteiger partial charge on any atom is -0.489 e. The maximum absolute atomic E-state index is 11.8. The van der Waals surface area contributed by atoms with E-state index in [1.54, 1.807) is 0 Å². The van der Waals surface area contributed by atoms with Crippen LogP contribution >= 0.6 is 0 Å². The molecule has 2 aromatic carbocycles. The van der Waals surface area contributed by atoms with Gasteiger partial charge in [-0.3, -0.25) is 9.88 Å². The number of hydrogen-bond acceptors (Lipinski definition) is 7. The number of nitrogens with one attached hydrogen (secondary N) is 1. The number of aliphatic carboxylic acids is 1. The zero-order valence-electron chi connectivity index (χ0n) is 19.1. The Balaban J connectivity index is 1.24. The molecule has 0 bridgehead atoms. The lowest BCUT2D eigenvalue weighted by atomic mass is 10.1. The average molecular weight is 475 g/mol. The fourth-order valence-corrected chi connectivity index (χ4v) is 4.51. The standard InChI is InChI=1S/C26H26N4O5/c31-25(32)26(33)35-18(17-34-24-7-3-6-22-20(24)8-10-27-22)16-29-12-14-30(15-13-29)23-9-11-28-21-5-2-1-4-19(21)23/h1-11,18,27H,12-17H2,(H,31,32)/t18-/m0/s1. The summed E-state index contributed by atoms with van der Waals surface area (Å²) in [6, 6.07) is 17.7. The summed E-state index contributed by atoms with van der Waals surface area (Å²) in [5.74, 6) is -2.24. The van der Waals surface area contributed by atoms with Crippen LogP contribution in [-0.4, -0.2) is 77.3 Å². The van der Waals surface area contributed by atoms with Gasteiger partial charge >= 0.3 is 11.9 Å². The molecule has 1 aliphatic rings. The summed E-state index contributed by atoms with van der Waals surface area (Å²) in [4.78, 5) is 35.0. The average Bonchev–Trinajstić information content (AvgIpc) is 3.37.